The van der Waals surface area contributed by atoms with Crippen molar-refractivity contribution in [3.8, 4) is 5.75 Å². The van der Waals surface area contributed by atoms with Gasteiger partial charge in [-0.3, -0.25) is 4.90 Å². The Bertz CT molecular complexity index is 782. The van der Waals surface area contributed by atoms with E-state index in [1.165, 1.54) is 7.05 Å². The first kappa shape index (κ1) is 17.5. The molecular weight excluding hydrogens is 335 g/mol. The molecule has 0 aromatic heterocycles. The van der Waals surface area contributed by atoms with Crippen molar-refractivity contribution in [2.45, 2.75) is 18.1 Å². The van der Waals surface area contributed by atoms with Crippen LogP contribution in [0.5, 0.6) is 5.75 Å². The number of carbonyl (C=O) groups is 1. The number of esters is 1. The summed E-state index contributed by atoms with van der Waals surface area (Å²) in [4.78, 5) is 13.0. The highest BCUT2D eigenvalue weighted by Crippen LogP contribution is 2.51. The minimum absolute atomic E-state index is 0.00776. The van der Waals surface area contributed by atoms with E-state index in [0.29, 0.717) is 17.7 Å². The normalized spacial score (nSPS) is 23.5. The van der Waals surface area contributed by atoms with Gasteiger partial charge in [-0.1, -0.05) is 18.2 Å². The number of likely N-dealkylation sites (N-methyl/N-ethyl adjacent to an activating group) is 1. The van der Waals surface area contributed by atoms with Crippen LogP contribution in [-0.4, -0.2) is 50.4 Å². The molecule has 134 valence electrons. The van der Waals surface area contributed by atoms with Crippen molar-refractivity contribution in [2.24, 2.45) is 0 Å². The first-order valence-electron chi connectivity index (χ1n) is 7.70. The number of allylic oxidation sites excluding steroid dienone is 1. The van der Waals surface area contributed by atoms with E-state index in [1.807, 2.05) is 24.3 Å². The first-order chi connectivity index (χ1) is 11.8. The van der Waals surface area contributed by atoms with Crippen LogP contribution in [0.25, 0.3) is 5.57 Å². The Morgan fingerprint density at radius 3 is 2.48 bits per heavy atom. The first-order valence-corrected chi connectivity index (χ1v) is 7.70. The Morgan fingerprint density at radius 1 is 1.20 bits per heavy atom. The van der Waals surface area contributed by atoms with Crippen molar-refractivity contribution in [3.63, 3.8) is 0 Å². The Morgan fingerprint density at radius 2 is 1.88 bits per heavy atom. The minimum Gasteiger partial charge on any atom is -0.496 e. The quantitative estimate of drug-likeness (QED) is 0.783. The molecule has 4 nitrogen and oxygen atoms in total. The lowest BCUT2D eigenvalue weighted by atomic mass is 9.72. The summed E-state index contributed by atoms with van der Waals surface area (Å²) in [6.07, 6.45) is -3.41. The van der Waals surface area contributed by atoms with Crippen molar-refractivity contribution >= 4 is 11.5 Å². The van der Waals surface area contributed by atoms with Gasteiger partial charge in [-0.05, 0) is 42.3 Å². The van der Waals surface area contributed by atoms with Gasteiger partial charge in [0.1, 0.15) is 5.75 Å². The van der Waals surface area contributed by atoms with Crippen molar-refractivity contribution in [1.29, 1.82) is 0 Å². The molecule has 1 heterocycles. The highest BCUT2D eigenvalue weighted by atomic mass is 19.4. The fraction of sp³-hybridized carbons (Fsp3) is 0.389. The van der Waals surface area contributed by atoms with Crippen LogP contribution in [0.2, 0.25) is 0 Å². The van der Waals surface area contributed by atoms with Gasteiger partial charge in [-0.15, -0.1) is 0 Å². The molecule has 0 saturated heterocycles. The van der Waals surface area contributed by atoms with E-state index in [9.17, 15) is 18.0 Å². The number of fused-ring (bicyclic) bond motifs is 1. The number of benzene rings is 1. The maximum Gasteiger partial charge on any atom is 0.421 e. The van der Waals surface area contributed by atoms with Gasteiger partial charge in [0.25, 0.3) is 0 Å². The van der Waals surface area contributed by atoms with Gasteiger partial charge < -0.3 is 9.47 Å². The molecular formula is C18H18F3NO3. The second-order valence-corrected chi connectivity index (χ2v) is 6.12. The van der Waals surface area contributed by atoms with Crippen LogP contribution in [0, 0.1) is 0 Å². The third-order valence-electron chi connectivity index (χ3n) is 4.86. The maximum absolute atomic E-state index is 13.7. The highest BCUT2D eigenvalue weighted by molar-refractivity contribution is 5.91. The van der Waals surface area contributed by atoms with E-state index < -0.39 is 17.7 Å². The van der Waals surface area contributed by atoms with Crippen molar-refractivity contribution < 1.29 is 27.4 Å². The van der Waals surface area contributed by atoms with Crippen LogP contribution in [0.4, 0.5) is 13.2 Å². The number of rotatable bonds is 3. The van der Waals surface area contributed by atoms with Gasteiger partial charge in [-0.2, -0.15) is 13.2 Å². The van der Waals surface area contributed by atoms with Crippen LogP contribution in [0.3, 0.4) is 0 Å². The molecule has 0 N–H and O–H groups in total. The maximum atomic E-state index is 13.7. The topological polar surface area (TPSA) is 38.8 Å². The second kappa shape index (κ2) is 5.91. The summed E-state index contributed by atoms with van der Waals surface area (Å²) in [5, 5.41) is 0. The molecule has 1 atom stereocenters. The number of alkyl halides is 3. The van der Waals surface area contributed by atoms with E-state index in [0.717, 1.165) is 34.8 Å². The zero-order valence-corrected chi connectivity index (χ0v) is 14.1. The lowest BCUT2D eigenvalue weighted by Gasteiger charge is -2.46. The predicted molar refractivity (Wildman–Crippen MR) is 86.0 cm³/mol. The zero-order valence-electron chi connectivity index (χ0n) is 14.1. The Kier molecular flexibility index (Phi) is 4.15. The number of halogens is 3. The van der Waals surface area contributed by atoms with E-state index >= 15 is 0 Å². The molecule has 3 rings (SSSR count). The molecule has 0 saturated carbocycles. The standard InChI is InChI=1S/C18H18F3NO3/c1-22-10-14-11(9-17(22,16(23)25-3)18(19,20)21)8-13(14)12-6-4-5-7-15(12)24-2/h4-7,9H,8,10H2,1-3H3. The molecule has 1 aliphatic heterocycles. The molecule has 0 radical (unpaired) electrons. The van der Waals surface area contributed by atoms with Crippen LogP contribution in [0.1, 0.15) is 12.0 Å². The Hall–Kier alpha value is -2.28. The minimum atomic E-state index is -4.77. The monoisotopic (exact) mass is 353 g/mol. The number of para-hydroxylation sites is 1. The summed E-state index contributed by atoms with van der Waals surface area (Å²) in [5.41, 5.74) is 0.393. The fourth-order valence-electron chi connectivity index (χ4n) is 3.49. The fourth-order valence-corrected chi connectivity index (χ4v) is 3.49. The van der Waals surface area contributed by atoms with Gasteiger partial charge >= 0.3 is 12.1 Å². The lowest BCUT2D eigenvalue weighted by molar-refractivity contribution is -0.222. The van der Waals surface area contributed by atoms with Crippen LogP contribution in [0.15, 0.2) is 41.5 Å². The van der Waals surface area contributed by atoms with Crippen molar-refractivity contribution in [2.75, 3.05) is 27.8 Å². The van der Waals surface area contributed by atoms with Gasteiger partial charge in [0, 0.05) is 12.1 Å². The molecule has 0 amide bonds. The Labute approximate surface area is 143 Å². The number of nitrogens with zero attached hydrogens (tertiary/aromatic N) is 1. The molecule has 0 fully saturated rings. The molecule has 2 aliphatic rings. The summed E-state index contributed by atoms with van der Waals surface area (Å²) in [7, 11) is 3.80. The van der Waals surface area contributed by atoms with Crippen molar-refractivity contribution in [1.82, 2.24) is 4.90 Å². The molecule has 1 aliphatic carbocycles. The highest BCUT2D eigenvalue weighted by Gasteiger charge is 2.64. The van der Waals surface area contributed by atoms with E-state index in [1.54, 1.807) is 7.11 Å². The number of carbonyl (C=O) groups excluding carboxylic acids is 1. The number of hydrogen-bond acceptors (Lipinski definition) is 4. The molecule has 1 aromatic rings. The third-order valence-corrected chi connectivity index (χ3v) is 4.86. The molecule has 25 heavy (non-hydrogen) atoms. The van der Waals surface area contributed by atoms with E-state index in [4.69, 9.17) is 4.74 Å². The molecule has 0 bridgehead atoms. The average Bonchev–Trinajstić information content (AvgIpc) is 2.56. The third kappa shape index (κ3) is 2.45. The van der Waals surface area contributed by atoms with Crippen molar-refractivity contribution in [3.05, 3.63) is 47.1 Å². The number of ether oxygens (including phenoxy) is 2. The summed E-state index contributed by atoms with van der Waals surface area (Å²) in [5.74, 6) is -0.646. The summed E-state index contributed by atoms with van der Waals surface area (Å²) in [6.45, 7) is 0.00776. The lowest BCUT2D eigenvalue weighted by Crippen LogP contribution is -2.64. The summed E-state index contributed by atoms with van der Waals surface area (Å²) >= 11 is 0. The van der Waals surface area contributed by atoms with E-state index in [2.05, 4.69) is 4.74 Å². The average molecular weight is 353 g/mol. The molecule has 1 aromatic carbocycles. The smallest absolute Gasteiger partial charge is 0.421 e. The van der Waals surface area contributed by atoms with Crippen LogP contribution in [-0.2, 0) is 9.53 Å². The Balaban J connectivity index is 2.10. The number of hydrogen-bond donors (Lipinski definition) is 0. The number of methoxy groups -OCH3 is 2. The molecule has 0 spiro atoms. The molecule has 1 unspecified atom stereocenters. The SMILES string of the molecule is COC(=O)C1(C(F)(F)F)C=C2CC(c3ccccc3OC)=C2CN1C. The predicted octanol–water partition coefficient (Wildman–Crippen LogP) is 3.20. The second-order valence-electron chi connectivity index (χ2n) is 6.12. The zero-order chi connectivity index (χ0) is 18.4. The van der Waals surface area contributed by atoms with Gasteiger partial charge in [-0.25, -0.2) is 4.79 Å². The van der Waals surface area contributed by atoms with Gasteiger partial charge in [0.2, 0.25) is 5.54 Å². The summed E-state index contributed by atoms with van der Waals surface area (Å²) in [6, 6.07) is 7.38. The van der Waals surface area contributed by atoms with Crippen LogP contribution < -0.4 is 4.74 Å². The summed E-state index contributed by atoms with van der Waals surface area (Å²) < 4.78 is 51.0. The molecule has 7 heteroatoms. The van der Waals surface area contributed by atoms with Crippen LogP contribution >= 0.6 is 0 Å². The van der Waals surface area contributed by atoms with E-state index in [-0.39, 0.29) is 6.54 Å². The largest absolute Gasteiger partial charge is 0.496 e. The van der Waals surface area contributed by atoms with Gasteiger partial charge in [0.15, 0.2) is 0 Å². The van der Waals surface area contributed by atoms with Gasteiger partial charge in [0.05, 0.1) is 14.2 Å².